The van der Waals surface area contributed by atoms with Gasteiger partial charge < -0.3 is 14.4 Å². The SMILES string of the molecule is O=C1COC(c2cccc(OCc3ccccc3)c2)CN1Cc1ccccc1. The minimum absolute atomic E-state index is 0.0246. The molecule has 1 fully saturated rings. The largest absolute Gasteiger partial charge is 0.489 e. The van der Waals surface area contributed by atoms with Crippen LogP contribution in [0.1, 0.15) is 22.8 Å². The minimum atomic E-state index is -0.151. The lowest BCUT2D eigenvalue weighted by Crippen LogP contribution is -2.42. The Labute approximate surface area is 165 Å². The molecule has 0 aromatic heterocycles. The van der Waals surface area contributed by atoms with Gasteiger partial charge >= 0.3 is 0 Å². The van der Waals surface area contributed by atoms with Crippen molar-refractivity contribution in [3.8, 4) is 5.75 Å². The summed E-state index contributed by atoms with van der Waals surface area (Å²) in [6.45, 7) is 1.76. The van der Waals surface area contributed by atoms with Gasteiger partial charge in [-0.3, -0.25) is 4.79 Å². The average Bonchev–Trinajstić information content (AvgIpc) is 2.75. The van der Waals surface area contributed by atoms with Crippen molar-refractivity contribution in [1.29, 1.82) is 0 Å². The molecular formula is C24H23NO3. The van der Waals surface area contributed by atoms with Gasteiger partial charge in [0.25, 0.3) is 0 Å². The fraction of sp³-hybridized carbons (Fsp3) is 0.208. The summed E-state index contributed by atoms with van der Waals surface area (Å²) < 4.78 is 11.7. The first-order chi connectivity index (χ1) is 13.8. The topological polar surface area (TPSA) is 38.8 Å². The van der Waals surface area contributed by atoms with Crippen molar-refractivity contribution in [3.63, 3.8) is 0 Å². The molecule has 4 rings (SSSR count). The summed E-state index contributed by atoms with van der Waals surface area (Å²) in [7, 11) is 0. The maximum absolute atomic E-state index is 12.3. The molecule has 3 aromatic carbocycles. The van der Waals surface area contributed by atoms with E-state index in [-0.39, 0.29) is 18.6 Å². The second-order valence-electron chi connectivity index (χ2n) is 6.91. The molecule has 1 amide bonds. The van der Waals surface area contributed by atoms with Gasteiger partial charge in [-0.05, 0) is 28.8 Å². The number of rotatable bonds is 6. The van der Waals surface area contributed by atoms with Crippen molar-refractivity contribution in [2.45, 2.75) is 19.3 Å². The van der Waals surface area contributed by atoms with Crippen LogP contribution in [0.4, 0.5) is 0 Å². The normalized spacial score (nSPS) is 16.8. The van der Waals surface area contributed by atoms with E-state index < -0.39 is 0 Å². The molecule has 0 bridgehead atoms. The highest BCUT2D eigenvalue weighted by Crippen LogP contribution is 2.27. The monoisotopic (exact) mass is 373 g/mol. The fourth-order valence-corrected chi connectivity index (χ4v) is 3.32. The summed E-state index contributed by atoms with van der Waals surface area (Å²) in [5.74, 6) is 0.827. The Bertz CT molecular complexity index is 911. The Morgan fingerprint density at radius 2 is 1.61 bits per heavy atom. The number of carbonyl (C=O) groups excluding carboxylic acids is 1. The maximum Gasteiger partial charge on any atom is 0.249 e. The van der Waals surface area contributed by atoms with Gasteiger partial charge in [0, 0.05) is 6.54 Å². The Morgan fingerprint density at radius 3 is 2.36 bits per heavy atom. The maximum atomic E-state index is 12.3. The highest BCUT2D eigenvalue weighted by Gasteiger charge is 2.27. The molecule has 0 spiro atoms. The lowest BCUT2D eigenvalue weighted by Gasteiger charge is -2.33. The van der Waals surface area contributed by atoms with Crippen LogP contribution in [0.3, 0.4) is 0 Å². The number of carbonyl (C=O) groups is 1. The van der Waals surface area contributed by atoms with E-state index in [9.17, 15) is 4.79 Å². The summed E-state index contributed by atoms with van der Waals surface area (Å²) >= 11 is 0. The molecule has 1 atom stereocenters. The van der Waals surface area contributed by atoms with Gasteiger partial charge in [0.15, 0.2) is 0 Å². The van der Waals surface area contributed by atoms with E-state index in [4.69, 9.17) is 9.47 Å². The van der Waals surface area contributed by atoms with E-state index in [2.05, 4.69) is 0 Å². The minimum Gasteiger partial charge on any atom is -0.489 e. The lowest BCUT2D eigenvalue weighted by atomic mass is 10.1. The van der Waals surface area contributed by atoms with Gasteiger partial charge in [-0.1, -0.05) is 72.8 Å². The molecule has 0 aliphatic carbocycles. The first kappa shape index (κ1) is 18.3. The van der Waals surface area contributed by atoms with E-state index >= 15 is 0 Å². The number of benzene rings is 3. The molecule has 1 unspecified atom stereocenters. The molecular weight excluding hydrogens is 350 g/mol. The van der Waals surface area contributed by atoms with Crippen LogP contribution in [0, 0.1) is 0 Å². The third-order valence-electron chi connectivity index (χ3n) is 4.84. The summed E-state index contributed by atoms with van der Waals surface area (Å²) in [6, 6.07) is 28.1. The predicted octanol–water partition coefficient (Wildman–Crippen LogP) is 4.37. The number of hydrogen-bond donors (Lipinski definition) is 0. The first-order valence-electron chi connectivity index (χ1n) is 9.48. The summed E-state index contributed by atoms with van der Waals surface area (Å²) in [6.07, 6.45) is -0.151. The highest BCUT2D eigenvalue weighted by atomic mass is 16.5. The Hall–Kier alpha value is -3.11. The number of nitrogens with zero attached hydrogens (tertiary/aromatic N) is 1. The molecule has 4 heteroatoms. The van der Waals surface area contributed by atoms with E-state index in [1.807, 2.05) is 89.8 Å². The Kier molecular flexibility index (Phi) is 5.69. The number of amides is 1. The number of morpholine rings is 1. The fourth-order valence-electron chi connectivity index (χ4n) is 3.32. The molecule has 1 heterocycles. The average molecular weight is 373 g/mol. The van der Waals surface area contributed by atoms with Gasteiger partial charge in [0.2, 0.25) is 5.91 Å². The van der Waals surface area contributed by atoms with Crippen LogP contribution in [-0.2, 0) is 22.7 Å². The lowest BCUT2D eigenvalue weighted by molar-refractivity contribution is -0.150. The molecule has 3 aromatic rings. The zero-order chi connectivity index (χ0) is 19.2. The van der Waals surface area contributed by atoms with E-state index in [1.165, 1.54) is 0 Å². The zero-order valence-corrected chi connectivity index (χ0v) is 15.7. The standard InChI is InChI=1S/C24H23NO3/c26-24-18-28-23(16-25(24)15-19-8-3-1-4-9-19)21-12-7-13-22(14-21)27-17-20-10-5-2-6-11-20/h1-14,23H,15-18H2. The van der Waals surface area contributed by atoms with Crippen molar-refractivity contribution in [2.75, 3.05) is 13.2 Å². The quantitative estimate of drug-likeness (QED) is 0.644. The smallest absolute Gasteiger partial charge is 0.249 e. The molecule has 1 saturated heterocycles. The molecule has 142 valence electrons. The van der Waals surface area contributed by atoms with Crippen LogP contribution in [0.2, 0.25) is 0 Å². The summed E-state index contributed by atoms with van der Waals surface area (Å²) in [5, 5.41) is 0. The van der Waals surface area contributed by atoms with E-state index in [0.29, 0.717) is 19.7 Å². The van der Waals surface area contributed by atoms with Crippen LogP contribution in [-0.4, -0.2) is 24.0 Å². The zero-order valence-electron chi connectivity index (χ0n) is 15.7. The van der Waals surface area contributed by atoms with Crippen molar-refractivity contribution < 1.29 is 14.3 Å². The Morgan fingerprint density at radius 1 is 0.893 bits per heavy atom. The van der Waals surface area contributed by atoms with E-state index in [1.54, 1.807) is 0 Å². The highest BCUT2D eigenvalue weighted by molar-refractivity contribution is 5.78. The first-order valence-corrected chi connectivity index (χ1v) is 9.48. The van der Waals surface area contributed by atoms with Crippen LogP contribution < -0.4 is 4.74 Å². The van der Waals surface area contributed by atoms with Gasteiger partial charge in [-0.25, -0.2) is 0 Å². The van der Waals surface area contributed by atoms with Crippen LogP contribution in [0.5, 0.6) is 5.75 Å². The van der Waals surface area contributed by atoms with Gasteiger partial charge in [0.05, 0.1) is 6.54 Å². The number of ether oxygens (including phenoxy) is 2. The van der Waals surface area contributed by atoms with Gasteiger partial charge in [-0.15, -0.1) is 0 Å². The summed E-state index contributed by atoms with van der Waals surface area (Å²) in [5.41, 5.74) is 3.27. The summed E-state index contributed by atoms with van der Waals surface area (Å²) in [4.78, 5) is 14.1. The Balaban J connectivity index is 1.42. The molecule has 4 nitrogen and oxygen atoms in total. The van der Waals surface area contributed by atoms with Crippen molar-refractivity contribution >= 4 is 5.91 Å². The second kappa shape index (κ2) is 8.72. The van der Waals surface area contributed by atoms with Crippen LogP contribution >= 0.6 is 0 Å². The molecule has 0 radical (unpaired) electrons. The van der Waals surface area contributed by atoms with Crippen LogP contribution in [0.15, 0.2) is 84.9 Å². The van der Waals surface area contributed by atoms with Crippen molar-refractivity contribution in [1.82, 2.24) is 4.90 Å². The second-order valence-corrected chi connectivity index (χ2v) is 6.91. The number of hydrogen-bond acceptors (Lipinski definition) is 3. The van der Waals surface area contributed by atoms with Gasteiger partial charge in [0.1, 0.15) is 25.1 Å². The molecule has 1 aliphatic rings. The molecule has 0 saturated carbocycles. The predicted molar refractivity (Wildman–Crippen MR) is 108 cm³/mol. The third kappa shape index (κ3) is 4.59. The van der Waals surface area contributed by atoms with E-state index in [0.717, 1.165) is 22.4 Å². The molecule has 0 N–H and O–H groups in total. The van der Waals surface area contributed by atoms with Crippen molar-refractivity contribution in [3.05, 3.63) is 102 Å². The van der Waals surface area contributed by atoms with Crippen molar-refractivity contribution in [2.24, 2.45) is 0 Å². The third-order valence-corrected chi connectivity index (χ3v) is 4.84. The van der Waals surface area contributed by atoms with Crippen LogP contribution in [0.25, 0.3) is 0 Å². The molecule has 1 aliphatic heterocycles. The molecule has 28 heavy (non-hydrogen) atoms. The van der Waals surface area contributed by atoms with Gasteiger partial charge in [-0.2, -0.15) is 0 Å².